The average Bonchev–Trinajstić information content (AvgIpc) is 2.80. The number of hydrogen-bond acceptors (Lipinski definition) is 4. The molecule has 0 aromatic carbocycles. The molecule has 2 aliphatic heterocycles. The Morgan fingerprint density at radius 3 is 2.58 bits per heavy atom. The molecule has 0 radical (unpaired) electrons. The van der Waals surface area contributed by atoms with Crippen molar-refractivity contribution in [3.8, 4) is 0 Å². The highest BCUT2D eigenvalue weighted by Crippen LogP contribution is 2.77. The Morgan fingerprint density at radius 1 is 1.11 bits per heavy atom. The second kappa shape index (κ2) is 2.99. The minimum absolute atomic E-state index is 0.0672. The fourth-order valence-corrected chi connectivity index (χ4v) is 6.24. The zero-order valence-corrected chi connectivity index (χ0v) is 11.7. The lowest BCUT2D eigenvalue weighted by Gasteiger charge is -2.48. The highest BCUT2D eigenvalue weighted by molar-refractivity contribution is 5.80. The molecule has 1 spiro atoms. The van der Waals surface area contributed by atoms with Gasteiger partial charge in [0.15, 0.2) is 0 Å². The van der Waals surface area contributed by atoms with E-state index in [0.717, 1.165) is 19.3 Å². The van der Waals surface area contributed by atoms with Crippen molar-refractivity contribution in [2.45, 2.75) is 52.7 Å². The Kier molecular flexibility index (Phi) is 1.85. The molecule has 0 N–H and O–H groups in total. The van der Waals surface area contributed by atoms with Crippen LogP contribution in [0.1, 0.15) is 46.5 Å². The summed E-state index contributed by atoms with van der Waals surface area (Å²) in [5.41, 5.74) is -0.278. The Balaban J connectivity index is 1.95. The Morgan fingerprint density at radius 2 is 1.84 bits per heavy atom. The van der Waals surface area contributed by atoms with Gasteiger partial charge in [-0.1, -0.05) is 20.8 Å². The maximum Gasteiger partial charge on any atom is 0.312 e. The Bertz CT molecular complexity index is 494. The second-order valence-corrected chi connectivity index (χ2v) is 7.78. The zero-order chi connectivity index (χ0) is 13.6. The zero-order valence-electron chi connectivity index (χ0n) is 11.7. The molecule has 0 amide bonds. The molecule has 4 heteroatoms. The second-order valence-electron chi connectivity index (χ2n) is 7.78. The molecular weight excluding hydrogens is 244 g/mol. The van der Waals surface area contributed by atoms with Gasteiger partial charge < -0.3 is 9.47 Å². The third kappa shape index (κ3) is 1.05. The third-order valence-corrected chi connectivity index (χ3v) is 6.40. The van der Waals surface area contributed by atoms with Crippen LogP contribution in [-0.2, 0) is 19.1 Å². The molecular formula is C15H20O4. The van der Waals surface area contributed by atoms with E-state index in [1.807, 2.05) is 0 Å². The van der Waals surface area contributed by atoms with Crippen LogP contribution in [0.2, 0.25) is 0 Å². The summed E-state index contributed by atoms with van der Waals surface area (Å²) in [6, 6.07) is 0. The molecule has 4 aliphatic rings. The van der Waals surface area contributed by atoms with Gasteiger partial charge in [0.25, 0.3) is 6.29 Å². The van der Waals surface area contributed by atoms with Crippen LogP contribution >= 0.6 is 0 Å². The molecule has 5 atom stereocenters. The molecule has 4 fully saturated rings. The number of hydrogen-bond donors (Lipinski definition) is 0. The molecule has 0 aromatic heterocycles. The van der Waals surface area contributed by atoms with Gasteiger partial charge in [-0.25, -0.2) is 0 Å². The molecule has 2 saturated carbocycles. The summed E-state index contributed by atoms with van der Waals surface area (Å²) < 4.78 is 10.9. The van der Waals surface area contributed by atoms with Crippen LogP contribution in [0.5, 0.6) is 0 Å². The lowest BCUT2D eigenvalue weighted by atomic mass is 9.58. The molecule has 0 unspecified atom stereocenters. The normalized spacial score (nSPS) is 53.5. The van der Waals surface area contributed by atoms with Crippen molar-refractivity contribution in [2.75, 3.05) is 0 Å². The smallest absolute Gasteiger partial charge is 0.312 e. The van der Waals surface area contributed by atoms with Crippen LogP contribution in [0.3, 0.4) is 0 Å². The maximum atomic E-state index is 12.2. The van der Waals surface area contributed by atoms with Gasteiger partial charge in [0.2, 0.25) is 0 Å². The molecule has 2 aliphatic carbocycles. The summed E-state index contributed by atoms with van der Waals surface area (Å²) in [5.74, 6) is -0.0111. The molecule has 104 valence electrons. The van der Waals surface area contributed by atoms with Gasteiger partial charge in [0.1, 0.15) is 0 Å². The minimum atomic E-state index is -0.634. The summed E-state index contributed by atoms with van der Waals surface area (Å²) in [4.78, 5) is 24.1. The van der Waals surface area contributed by atoms with Gasteiger partial charge in [-0.2, -0.15) is 0 Å². The van der Waals surface area contributed by atoms with E-state index < -0.39 is 6.29 Å². The summed E-state index contributed by atoms with van der Waals surface area (Å²) in [5, 5.41) is 0. The molecule has 4 nitrogen and oxygen atoms in total. The van der Waals surface area contributed by atoms with Crippen LogP contribution in [0.4, 0.5) is 0 Å². The molecule has 2 heterocycles. The Labute approximate surface area is 112 Å². The summed E-state index contributed by atoms with van der Waals surface area (Å²) in [6.45, 7) is 6.70. The first-order valence-corrected chi connectivity index (χ1v) is 7.21. The van der Waals surface area contributed by atoms with Crippen molar-refractivity contribution in [1.29, 1.82) is 0 Å². The Hall–Kier alpha value is -1.06. The van der Waals surface area contributed by atoms with Crippen LogP contribution in [0.25, 0.3) is 0 Å². The fourth-order valence-electron chi connectivity index (χ4n) is 6.24. The van der Waals surface area contributed by atoms with Crippen LogP contribution in [0, 0.1) is 28.1 Å². The van der Waals surface area contributed by atoms with Crippen molar-refractivity contribution in [1.82, 2.24) is 0 Å². The summed E-state index contributed by atoms with van der Waals surface area (Å²) >= 11 is 0. The number of rotatable bonds is 0. The lowest BCUT2D eigenvalue weighted by molar-refractivity contribution is -0.228. The fraction of sp³-hybridized carbons (Fsp3) is 0.867. The molecule has 19 heavy (non-hydrogen) atoms. The van der Waals surface area contributed by atoms with Gasteiger partial charge in [-0.3, -0.25) is 9.59 Å². The summed E-state index contributed by atoms with van der Waals surface area (Å²) in [7, 11) is 0. The van der Waals surface area contributed by atoms with Crippen LogP contribution in [0.15, 0.2) is 0 Å². The first-order valence-electron chi connectivity index (χ1n) is 7.21. The number of ether oxygens (including phenoxy) is 2. The molecule has 0 bridgehead atoms. The average molecular weight is 264 g/mol. The van der Waals surface area contributed by atoms with Gasteiger partial charge >= 0.3 is 11.9 Å². The quantitative estimate of drug-likeness (QED) is 0.630. The highest BCUT2D eigenvalue weighted by atomic mass is 16.7. The van der Waals surface area contributed by atoms with Crippen LogP contribution < -0.4 is 0 Å². The number of carbonyl (C=O) groups is 2. The van der Waals surface area contributed by atoms with Gasteiger partial charge in [0, 0.05) is 0 Å². The van der Waals surface area contributed by atoms with Gasteiger partial charge in [0.05, 0.1) is 17.8 Å². The topological polar surface area (TPSA) is 52.6 Å². The highest BCUT2D eigenvalue weighted by Gasteiger charge is 2.80. The van der Waals surface area contributed by atoms with E-state index in [9.17, 15) is 9.59 Å². The number of carbonyl (C=O) groups excluding carboxylic acids is 2. The van der Waals surface area contributed by atoms with E-state index in [2.05, 4.69) is 20.8 Å². The predicted molar refractivity (Wildman–Crippen MR) is 65.7 cm³/mol. The van der Waals surface area contributed by atoms with Crippen molar-refractivity contribution in [3.63, 3.8) is 0 Å². The van der Waals surface area contributed by atoms with E-state index in [4.69, 9.17) is 9.47 Å². The minimum Gasteiger partial charge on any atom is -0.424 e. The van der Waals surface area contributed by atoms with Crippen molar-refractivity contribution >= 4 is 11.9 Å². The van der Waals surface area contributed by atoms with Crippen molar-refractivity contribution in [3.05, 3.63) is 0 Å². The van der Waals surface area contributed by atoms with Crippen LogP contribution in [-0.4, -0.2) is 18.2 Å². The van der Waals surface area contributed by atoms with Gasteiger partial charge in [-0.15, -0.1) is 0 Å². The molecule has 4 rings (SSSR count). The largest absolute Gasteiger partial charge is 0.424 e. The van der Waals surface area contributed by atoms with E-state index in [-0.39, 0.29) is 34.1 Å². The van der Waals surface area contributed by atoms with Gasteiger partial charge in [-0.05, 0) is 36.0 Å². The van der Waals surface area contributed by atoms with Crippen molar-refractivity contribution in [2.24, 2.45) is 28.1 Å². The summed E-state index contributed by atoms with van der Waals surface area (Å²) in [6.07, 6.45) is 2.71. The number of esters is 2. The monoisotopic (exact) mass is 264 g/mol. The third-order valence-electron chi connectivity index (χ3n) is 6.40. The predicted octanol–water partition coefficient (Wildman–Crippen LogP) is 2.27. The van der Waals surface area contributed by atoms with E-state index in [1.54, 1.807) is 0 Å². The maximum absolute atomic E-state index is 12.2. The SMILES string of the molecule is CC1(C)C[C@@]2(C)CC(=O)O[C@@H]3OC(=O)[C@H]4CC[C@H]1[C@@]342. The van der Waals surface area contributed by atoms with E-state index in [0.29, 0.717) is 12.3 Å². The first-order chi connectivity index (χ1) is 8.81. The molecule has 0 aromatic rings. The molecule has 2 saturated heterocycles. The first kappa shape index (κ1) is 11.7. The van der Waals surface area contributed by atoms with Crippen molar-refractivity contribution < 1.29 is 19.1 Å². The lowest BCUT2D eigenvalue weighted by Crippen LogP contribution is -2.54. The standard InChI is InChI=1S/C15H20O4/c1-13(2)7-14(3)6-10(16)18-12-15(14)8(11(17)19-12)4-5-9(13)15/h8-9,12H,4-7H2,1-3H3/t8-,9-,12-,14-,15-/m1/s1. The van der Waals surface area contributed by atoms with E-state index in [1.165, 1.54) is 0 Å². The van der Waals surface area contributed by atoms with E-state index >= 15 is 0 Å².